The van der Waals surface area contributed by atoms with E-state index in [0.29, 0.717) is 29.8 Å². The molecule has 0 radical (unpaired) electrons. The van der Waals surface area contributed by atoms with Gasteiger partial charge in [-0.3, -0.25) is 0 Å². The number of amides is 1. The minimum atomic E-state index is -3.97. The molecule has 38 heavy (non-hydrogen) atoms. The van der Waals surface area contributed by atoms with Crippen LogP contribution in [0.1, 0.15) is 76.5 Å². The van der Waals surface area contributed by atoms with Gasteiger partial charge in [0, 0.05) is 0 Å². The summed E-state index contributed by atoms with van der Waals surface area (Å²) in [5.74, 6) is 0.680. The molecule has 0 aliphatic carbocycles. The van der Waals surface area contributed by atoms with Crippen molar-refractivity contribution in [3.8, 4) is 11.5 Å². The van der Waals surface area contributed by atoms with Gasteiger partial charge in [0.15, 0.2) is 5.78 Å². The normalized spacial score (nSPS) is 12.4. The molecule has 6 nitrogen and oxygen atoms in total. The van der Waals surface area contributed by atoms with Crippen LogP contribution >= 0.6 is 7.60 Å². The average molecular weight is 538 g/mol. The van der Waals surface area contributed by atoms with Crippen LogP contribution in [0.4, 0.5) is 4.79 Å². The molecule has 1 unspecified atom stereocenters. The number of carbonyl (C=O) groups excluding carboxylic acids is 1. The SMILES string of the molecule is CC(C)CC(NC(=O)OCc1ccccc1)P(=O)(Oc1ccc(C(C)C)cc1)Oc1ccc(C(C)C)cc1. The molecular formula is C31H40NO5P. The molecule has 0 heterocycles. The van der Waals surface area contributed by atoms with Crippen LogP contribution in [0.25, 0.3) is 0 Å². The van der Waals surface area contributed by atoms with Crippen molar-refractivity contribution in [2.24, 2.45) is 5.92 Å². The Morgan fingerprint density at radius 1 is 0.737 bits per heavy atom. The molecule has 0 bridgehead atoms. The third-order valence-electron chi connectivity index (χ3n) is 6.13. The highest BCUT2D eigenvalue weighted by molar-refractivity contribution is 7.55. The summed E-state index contributed by atoms with van der Waals surface area (Å²) < 4.78 is 32.2. The number of ether oxygens (including phenoxy) is 1. The zero-order valence-electron chi connectivity index (χ0n) is 23.2. The lowest BCUT2D eigenvalue weighted by molar-refractivity contribution is 0.136. The van der Waals surface area contributed by atoms with Gasteiger partial charge in [-0.2, -0.15) is 0 Å². The number of nitrogens with one attached hydrogen (secondary N) is 1. The summed E-state index contributed by atoms with van der Waals surface area (Å²) in [4.78, 5) is 12.8. The van der Waals surface area contributed by atoms with E-state index in [1.807, 2.05) is 68.4 Å². The molecule has 0 fully saturated rings. The first-order valence-corrected chi connectivity index (χ1v) is 14.8. The number of hydrogen-bond acceptors (Lipinski definition) is 5. The summed E-state index contributed by atoms with van der Waals surface area (Å²) >= 11 is 0. The van der Waals surface area contributed by atoms with Crippen LogP contribution in [-0.2, 0) is 15.9 Å². The van der Waals surface area contributed by atoms with Gasteiger partial charge in [-0.1, -0.05) is 96.1 Å². The van der Waals surface area contributed by atoms with Gasteiger partial charge in [-0.05, 0) is 65.1 Å². The van der Waals surface area contributed by atoms with Crippen LogP contribution < -0.4 is 14.4 Å². The minimum absolute atomic E-state index is 0.0976. The first kappa shape index (κ1) is 29.3. The van der Waals surface area contributed by atoms with E-state index in [2.05, 4.69) is 33.0 Å². The van der Waals surface area contributed by atoms with Gasteiger partial charge in [0.1, 0.15) is 18.1 Å². The summed E-state index contributed by atoms with van der Waals surface area (Å²) in [6.07, 6.45) is -0.316. The molecule has 0 aliphatic rings. The highest BCUT2D eigenvalue weighted by Crippen LogP contribution is 2.54. The zero-order valence-corrected chi connectivity index (χ0v) is 24.1. The fourth-order valence-corrected chi connectivity index (χ4v) is 5.95. The fraction of sp³-hybridized carbons (Fsp3) is 0.387. The van der Waals surface area contributed by atoms with E-state index in [0.717, 1.165) is 16.7 Å². The van der Waals surface area contributed by atoms with Crippen LogP contribution in [-0.4, -0.2) is 11.9 Å². The first-order chi connectivity index (χ1) is 18.1. The second-order valence-corrected chi connectivity index (χ2v) is 12.6. The van der Waals surface area contributed by atoms with Crippen molar-refractivity contribution in [2.75, 3.05) is 0 Å². The largest absolute Gasteiger partial charge is 0.453 e. The Morgan fingerprint density at radius 2 is 1.21 bits per heavy atom. The van der Waals surface area contributed by atoms with Gasteiger partial charge in [0.05, 0.1) is 0 Å². The quantitative estimate of drug-likeness (QED) is 0.234. The highest BCUT2D eigenvalue weighted by Gasteiger charge is 2.41. The molecule has 3 rings (SSSR count). The van der Waals surface area contributed by atoms with Crippen LogP contribution in [0.5, 0.6) is 11.5 Å². The Balaban J connectivity index is 1.88. The second kappa shape index (κ2) is 13.5. The second-order valence-electron chi connectivity index (χ2n) is 10.5. The van der Waals surface area contributed by atoms with E-state index in [1.54, 1.807) is 24.3 Å². The van der Waals surface area contributed by atoms with Crippen molar-refractivity contribution in [3.05, 3.63) is 95.6 Å². The Bertz CT molecular complexity index is 1130. The standard InChI is InChI=1S/C31H40NO5P/c1-22(2)20-30(32-31(33)35-21-25-10-8-7-9-11-25)38(34,36-28-16-12-26(13-17-28)23(3)4)37-29-18-14-27(15-19-29)24(5)6/h7-19,22-24,30H,20-21H2,1-6H3,(H,32,33). The lowest BCUT2D eigenvalue weighted by atomic mass is 10.0. The lowest BCUT2D eigenvalue weighted by Crippen LogP contribution is -2.38. The third kappa shape index (κ3) is 8.66. The summed E-state index contributed by atoms with van der Waals surface area (Å²) in [5.41, 5.74) is 3.13. The molecule has 204 valence electrons. The summed E-state index contributed by atoms with van der Waals surface area (Å²) in [7, 11) is -3.97. The van der Waals surface area contributed by atoms with E-state index in [4.69, 9.17) is 13.8 Å². The van der Waals surface area contributed by atoms with Crippen molar-refractivity contribution in [3.63, 3.8) is 0 Å². The van der Waals surface area contributed by atoms with Crippen LogP contribution in [0, 0.1) is 5.92 Å². The van der Waals surface area contributed by atoms with Crippen LogP contribution in [0.2, 0.25) is 0 Å². The van der Waals surface area contributed by atoms with Crippen molar-refractivity contribution >= 4 is 13.7 Å². The van der Waals surface area contributed by atoms with Gasteiger partial charge in [-0.15, -0.1) is 0 Å². The molecule has 0 aliphatic heterocycles. The Kier molecular flexibility index (Phi) is 10.4. The number of hydrogen-bond donors (Lipinski definition) is 1. The summed E-state index contributed by atoms with van der Waals surface area (Å²) in [6, 6.07) is 24.3. The Labute approximate surface area is 227 Å². The lowest BCUT2D eigenvalue weighted by Gasteiger charge is -2.29. The van der Waals surface area contributed by atoms with Crippen molar-refractivity contribution < 1.29 is 23.1 Å². The van der Waals surface area contributed by atoms with E-state index in [9.17, 15) is 9.36 Å². The molecule has 7 heteroatoms. The van der Waals surface area contributed by atoms with E-state index >= 15 is 0 Å². The number of benzene rings is 3. The topological polar surface area (TPSA) is 73.9 Å². The van der Waals surface area contributed by atoms with E-state index in [-0.39, 0.29) is 12.5 Å². The van der Waals surface area contributed by atoms with Gasteiger partial charge >= 0.3 is 13.7 Å². The molecule has 0 aromatic heterocycles. The van der Waals surface area contributed by atoms with Gasteiger partial charge in [0.2, 0.25) is 0 Å². The monoisotopic (exact) mass is 537 g/mol. The average Bonchev–Trinajstić information content (AvgIpc) is 2.88. The molecule has 0 saturated carbocycles. The number of alkyl carbamates (subject to hydrolysis) is 1. The maximum Gasteiger partial charge on any atom is 0.453 e. The first-order valence-electron chi connectivity index (χ1n) is 13.2. The zero-order chi connectivity index (χ0) is 27.7. The Hall–Kier alpha value is -3.24. The van der Waals surface area contributed by atoms with Crippen molar-refractivity contribution in [1.82, 2.24) is 5.32 Å². The molecule has 1 atom stereocenters. The highest BCUT2D eigenvalue weighted by atomic mass is 31.2. The van der Waals surface area contributed by atoms with Gasteiger partial charge < -0.3 is 19.1 Å². The predicted octanol–water partition coefficient (Wildman–Crippen LogP) is 8.88. The van der Waals surface area contributed by atoms with Crippen molar-refractivity contribution in [2.45, 2.75) is 72.2 Å². The molecule has 3 aromatic carbocycles. The molecular weight excluding hydrogens is 497 g/mol. The maximum absolute atomic E-state index is 14.5. The predicted molar refractivity (Wildman–Crippen MR) is 153 cm³/mol. The molecule has 0 spiro atoms. The van der Waals surface area contributed by atoms with E-state index in [1.165, 1.54) is 0 Å². The molecule has 0 saturated heterocycles. The summed E-state index contributed by atoms with van der Waals surface area (Å²) in [5, 5.41) is 2.78. The smallest absolute Gasteiger partial charge is 0.445 e. The van der Waals surface area contributed by atoms with Crippen LogP contribution in [0.15, 0.2) is 78.9 Å². The Morgan fingerprint density at radius 3 is 1.63 bits per heavy atom. The van der Waals surface area contributed by atoms with E-state index < -0.39 is 19.5 Å². The third-order valence-corrected chi connectivity index (χ3v) is 8.17. The van der Waals surface area contributed by atoms with Crippen molar-refractivity contribution in [1.29, 1.82) is 0 Å². The van der Waals surface area contributed by atoms with Crippen LogP contribution in [0.3, 0.4) is 0 Å². The van der Waals surface area contributed by atoms with Gasteiger partial charge in [-0.25, -0.2) is 9.36 Å². The number of rotatable bonds is 12. The number of carbonyl (C=O) groups is 1. The minimum Gasteiger partial charge on any atom is -0.445 e. The molecule has 1 N–H and O–H groups in total. The molecule has 3 aromatic rings. The van der Waals surface area contributed by atoms with Gasteiger partial charge in [0.25, 0.3) is 0 Å². The molecule has 1 amide bonds. The summed E-state index contributed by atoms with van der Waals surface area (Å²) in [6.45, 7) is 12.5. The fourth-order valence-electron chi connectivity index (χ4n) is 3.88. The maximum atomic E-state index is 14.5.